The Morgan fingerprint density at radius 3 is 2.57 bits per heavy atom. The molecule has 2 atom stereocenters. The van der Waals surface area contributed by atoms with Gasteiger partial charge in [-0.25, -0.2) is 4.90 Å². The third-order valence-corrected chi connectivity index (χ3v) is 5.19. The lowest BCUT2D eigenvalue weighted by molar-refractivity contribution is -0.123. The van der Waals surface area contributed by atoms with E-state index >= 15 is 0 Å². The van der Waals surface area contributed by atoms with Crippen LogP contribution >= 0.6 is 0 Å². The zero-order chi connectivity index (χ0) is 20.8. The van der Waals surface area contributed by atoms with Crippen molar-refractivity contribution in [1.29, 1.82) is 0 Å². The molecule has 2 aromatic carbocycles. The van der Waals surface area contributed by atoms with Crippen molar-refractivity contribution in [3.8, 4) is 11.4 Å². The zero-order valence-electron chi connectivity index (χ0n) is 16.4. The van der Waals surface area contributed by atoms with Gasteiger partial charge in [-0.2, -0.15) is 10.1 Å². The maximum Gasteiger partial charge on any atom is 0.263 e. The summed E-state index contributed by atoms with van der Waals surface area (Å²) in [5.41, 5.74) is 3.49. The summed E-state index contributed by atoms with van der Waals surface area (Å²) in [6, 6.07) is 13.3. The molecule has 9 nitrogen and oxygen atoms in total. The van der Waals surface area contributed by atoms with Crippen molar-refractivity contribution in [3.63, 3.8) is 0 Å². The van der Waals surface area contributed by atoms with E-state index in [-0.39, 0.29) is 18.4 Å². The van der Waals surface area contributed by atoms with Gasteiger partial charge in [0.05, 0.1) is 5.69 Å². The van der Waals surface area contributed by atoms with Gasteiger partial charge in [-0.1, -0.05) is 51.8 Å². The number of nitrogens with zero attached hydrogens (tertiary/aromatic N) is 6. The van der Waals surface area contributed by atoms with E-state index in [1.807, 2.05) is 50.2 Å². The molecule has 0 bridgehead atoms. The first kappa shape index (κ1) is 18.2. The number of carbonyl (C=O) groups excluding carboxylic acids is 2. The molecule has 5 rings (SSSR count). The molecule has 9 heteroatoms. The van der Waals surface area contributed by atoms with Crippen molar-refractivity contribution in [2.75, 3.05) is 4.90 Å². The van der Waals surface area contributed by atoms with Gasteiger partial charge in [0, 0.05) is 5.56 Å². The summed E-state index contributed by atoms with van der Waals surface area (Å²) in [5, 5.41) is 13.5. The Bertz CT molecular complexity index is 1170. The Morgan fingerprint density at radius 1 is 1.00 bits per heavy atom. The van der Waals surface area contributed by atoms with E-state index in [1.54, 1.807) is 12.1 Å². The van der Waals surface area contributed by atoms with Crippen LogP contribution in [-0.4, -0.2) is 39.0 Å². The molecule has 3 aromatic rings. The zero-order valence-corrected chi connectivity index (χ0v) is 16.4. The second-order valence-corrected chi connectivity index (χ2v) is 7.42. The number of aromatic nitrogens is 2. The Kier molecular flexibility index (Phi) is 4.16. The molecule has 0 N–H and O–H groups in total. The Labute approximate surface area is 172 Å². The van der Waals surface area contributed by atoms with Crippen LogP contribution in [0.4, 0.5) is 5.69 Å². The summed E-state index contributed by atoms with van der Waals surface area (Å²) in [5.74, 6) is -0.00000794. The molecule has 0 radical (unpaired) electrons. The SMILES string of the molecule is Cc1ccc(N2C(=O)[C@@H]3[C@@H](N=NN3Cc3nc(-c4cccc(C)c4)no3)C2=O)cc1. The van der Waals surface area contributed by atoms with Crippen LogP contribution in [0.3, 0.4) is 0 Å². The maximum absolute atomic E-state index is 13.0. The summed E-state index contributed by atoms with van der Waals surface area (Å²) in [7, 11) is 0. The van der Waals surface area contributed by atoms with E-state index in [4.69, 9.17) is 4.52 Å². The van der Waals surface area contributed by atoms with Crippen molar-refractivity contribution in [2.24, 2.45) is 10.3 Å². The number of rotatable bonds is 4. The number of aryl methyl sites for hydroxylation is 2. The van der Waals surface area contributed by atoms with Gasteiger partial charge >= 0.3 is 0 Å². The van der Waals surface area contributed by atoms with Gasteiger partial charge in [-0.3, -0.25) is 14.6 Å². The predicted octanol–water partition coefficient (Wildman–Crippen LogP) is 2.85. The minimum atomic E-state index is -0.863. The first-order valence-electron chi connectivity index (χ1n) is 9.53. The van der Waals surface area contributed by atoms with Crippen molar-refractivity contribution in [2.45, 2.75) is 32.5 Å². The van der Waals surface area contributed by atoms with E-state index in [1.165, 1.54) is 9.91 Å². The molecular weight excluding hydrogens is 384 g/mol. The van der Waals surface area contributed by atoms with Gasteiger partial charge in [-0.05, 0) is 32.0 Å². The third-order valence-electron chi connectivity index (χ3n) is 5.19. The summed E-state index contributed by atoms with van der Waals surface area (Å²) in [6.07, 6.45) is 0. The summed E-state index contributed by atoms with van der Waals surface area (Å²) in [4.78, 5) is 31.4. The largest absolute Gasteiger partial charge is 0.337 e. The average Bonchev–Trinajstić information content (AvgIpc) is 3.42. The molecule has 2 amide bonds. The highest BCUT2D eigenvalue weighted by atomic mass is 16.5. The molecule has 1 saturated heterocycles. The number of benzene rings is 2. The lowest BCUT2D eigenvalue weighted by atomic mass is 10.1. The molecule has 0 aliphatic carbocycles. The highest BCUT2D eigenvalue weighted by Gasteiger charge is 2.55. The Balaban J connectivity index is 1.36. The molecule has 0 unspecified atom stereocenters. The van der Waals surface area contributed by atoms with Crippen LogP contribution < -0.4 is 4.90 Å². The third kappa shape index (κ3) is 2.95. The summed E-state index contributed by atoms with van der Waals surface area (Å²) in [6.45, 7) is 4.01. The molecule has 2 aliphatic rings. The number of hydrogen-bond acceptors (Lipinski definition) is 8. The van der Waals surface area contributed by atoms with Crippen LogP contribution in [0.1, 0.15) is 17.0 Å². The molecule has 2 aliphatic heterocycles. The highest BCUT2D eigenvalue weighted by molar-refractivity contribution is 6.25. The number of amides is 2. The van der Waals surface area contributed by atoms with Gasteiger partial charge in [0.15, 0.2) is 12.1 Å². The molecule has 0 saturated carbocycles. The number of imide groups is 1. The van der Waals surface area contributed by atoms with Crippen LogP contribution in [0.25, 0.3) is 11.4 Å². The van der Waals surface area contributed by atoms with Gasteiger partial charge in [-0.15, -0.1) is 0 Å². The van der Waals surface area contributed by atoms with Gasteiger partial charge in [0.2, 0.25) is 11.7 Å². The van der Waals surface area contributed by atoms with Crippen LogP contribution in [0, 0.1) is 13.8 Å². The lowest BCUT2D eigenvalue weighted by Gasteiger charge is -2.19. The second-order valence-electron chi connectivity index (χ2n) is 7.42. The van der Waals surface area contributed by atoms with Crippen LogP contribution in [0.2, 0.25) is 0 Å². The van der Waals surface area contributed by atoms with Crippen LogP contribution in [0.15, 0.2) is 63.4 Å². The average molecular weight is 402 g/mol. The van der Waals surface area contributed by atoms with Gasteiger partial charge < -0.3 is 4.52 Å². The first-order valence-corrected chi connectivity index (χ1v) is 9.53. The monoisotopic (exact) mass is 402 g/mol. The normalized spacial score (nSPS) is 20.3. The summed E-state index contributed by atoms with van der Waals surface area (Å²) < 4.78 is 5.34. The van der Waals surface area contributed by atoms with Crippen molar-refractivity contribution in [1.82, 2.24) is 15.1 Å². The fourth-order valence-corrected chi connectivity index (χ4v) is 3.66. The maximum atomic E-state index is 13.0. The van der Waals surface area contributed by atoms with Gasteiger partial charge in [0.1, 0.15) is 6.54 Å². The Morgan fingerprint density at radius 2 is 1.80 bits per heavy atom. The quantitative estimate of drug-likeness (QED) is 0.622. The number of anilines is 1. The second kappa shape index (κ2) is 6.87. The minimum absolute atomic E-state index is 0.0875. The minimum Gasteiger partial charge on any atom is -0.337 e. The van der Waals surface area contributed by atoms with Crippen molar-refractivity contribution >= 4 is 17.5 Å². The molecule has 3 heterocycles. The first-order chi connectivity index (χ1) is 14.5. The summed E-state index contributed by atoms with van der Waals surface area (Å²) >= 11 is 0. The lowest BCUT2D eigenvalue weighted by Crippen LogP contribution is -2.39. The standard InChI is InChI=1S/C21H18N6O3/c1-12-6-8-15(9-7-12)27-20(28)17-18(21(27)29)26(25-23-17)11-16-22-19(24-30-16)14-5-3-4-13(2)10-14/h3-10,17-18H,11H2,1-2H3/t17-,18+/m1/s1. The molecule has 150 valence electrons. The molecule has 30 heavy (non-hydrogen) atoms. The topological polar surface area (TPSA) is 104 Å². The molecule has 1 fully saturated rings. The Hall–Kier alpha value is -3.88. The highest BCUT2D eigenvalue weighted by Crippen LogP contribution is 2.32. The molecule has 0 spiro atoms. The van der Waals surface area contributed by atoms with E-state index < -0.39 is 12.1 Å². The predicted molar refractivity (Wildman–Crippen MR) is 106 cm³/mol. The fraction of sp³-hybridized carbons (Fsp3) is 0.238. The van der Waals surface area contributed by atoms with Crippen LogP contribution in [-0.2, 0) is 16.1 Å². The van der Waals surface area contributed by atoms with E-state index in [0.717, 1.165) is 16.7 Å². The van der Waals surface area contributed by atoms with Gasteiger partial charge in [0.25, 0.3) is 11.8 Å². The van der Waals surface area contributed by atoms with E-state index in [2.05, 4.69) is 20.5 Å². The van der Waals surface area contributed by atoms with Crippen molar-refractivity contribution < 1.29 is 14.1 Å². The number of hydrogen-bond donors (Lipinski definition) is 0. The molecule has 1 aromatic heterocycles. The number of carbonyl (C=O) groups is 2. The van der Waals surface area contributed by atoms with E-state index in [9.17, 15) is 9.59 Å². The smallest absolute Gasteiger partial charge is 0.263 e. The number of fused-ring (bicyclic) bond motifs is 1. The van der Waals surface area contributed by atoms with E-state index in [0.29, 0.717) is 17.4 Å². The molecular formula is C21H18N6O3. The fourth-order valence-electron chi connectivity index (χ4n) is 3.66. The van der Waals surface area contributed by atoms with Crippen molar-refractivity contribution in [3.05, 3.63) is 65.5 Å². The van der Waals surface area contributed by atoms with Crippen LogP contribution in [0.5, 0.6) is 0 Å².